The number of nitrogens with zero attached hydrogens (tertiary/aromatic N) is 2. The molecule has 0 unspecified atom stereocenters. The summed E-state index contributed by atoms with van der Waals surface area (Å²) in [5.74, 6) is 0.665. The first-order chi connectivity index (χ1) is 9.25. The second-order valence-electron chi connectivity index (χ2n) is 4.62. The summed E-state index contributed by atoms with van der Waals surface area (Å²) in [6.07, 6.45) is 0.665. The van der Waals surface area contributed by atoms with Crippen molar-refractivity contribution in [2.24, 2.45) is 4.99 Å². The van der Waals surface area contributed by atoms with Crippen LogP contribution in [0.1, 0.15) is 11.1 Å². The summed E-state index contributed by atoms with van der Waals surface area (Å²) in [5.41, 5.74) is 2.35. The van der Waals surface area contributed by atoms with Crippen LogP contribution in [0.5, 0.6) is 0 Å². The van der Waals surface area contributed by atoms with Gasteiger partial charge in [-0.15, -0.1) is 35.9 Å². The second kappa shape index (κ2) is 6.29. The van der Waals surface area contributed by atoms with Crippen molar-refractivity contribution >= 4 is 11.5 Å². The standard InChI is InChI=1S/C16H14FN2.Ir/c1-19-11-10-13-14(17)8-5-9-15(13)18-16(19)12-6-3-2-4-7-12;/h2-6,8-9H,10-11H2,1H3;/q-1;. The second-order valence-corrected chi connectivity index (χ2v) is 4.62. The van der Waals surface area contributed by atoms with Crippen LogP contribution in [0.3, 0.4) is 0 Å². The van der Waals surface area contributed by atoms with Crippen molar-refractivity contribution in [1.82, 2.24) is 4.90 Å². The number of fused-ring (bicyclic) bond motifs is 1. The molecule has 1 aliphatic rings. The number of halogens is 1. The third-order valence-electron chi connectivity index (χ3n) is 3.33. The van der Waals surface area contributed by atoms with Gasteiger partial charge < -0.3 is 4.90 Å². The molecule has 0 N–H and O–H groups in total. The Labute approximate surface area is 131 Å². The summed E-state index contributed by atoms with van der Waals surface area (Å²) in [4.78, 5) is 6.67. The number of aliphatic imine (C=N–C) groups is 1. The largest absolute Gasteiger partial charge is 0.398 e. The van der Waals surface area contributed by atoms with Gasteiger partial charge in [0, 0.05) is 32.2 Å². The summed E-state index contributed by atoms with van der Waals surface area (Å²) >= 11 is 0. The fourth-order valence-electron chi connectivity index (χ4n) is 2.28. The zero-order chi connectivity index (χ0) is 13.2. The van der Waals surface area contributed by atoms with E-state index in [0.29, 0.717) is 12.0 Å². The molecule has 0 saturated heterocycles. The van der Waals surface area contributed by atoms with Gasteiger partial charge in [-0.2, -0.15) is 0 Å². The molecule has 3 rings (SSSR count). The van der Waals surface area contributed by atoms with Gasteiger partial charge in [0.2, 0.25) is 0 Å². The van der Waals surface area contributed by atoms with Crippen LogP contribution in [0.4, 0.5) is 10.1 Å². The van der Waals surface area contributed by atoms with E-state index in [1.807, 2.05) is 42.3 Å². The van der Waals surface area contributed by atoms with Crippen LogP contribution in [0.15, 0.2) is 47.5 Å². The van der Waals surface area contributed by atoms with E-state index >= 15 is 0 Å². The summed E-state index contributed by atoms with van der Waals surface area (Å²) in [6.45, 7) is 0.746. The van der Waals surface area contributed by atoms with Crippen molar-refractivity contribution in [3.8, 4) is 0 Å². The van der Waals surface area contributed by atoms with E-state index in [0.717, 1.165) is 23.6 Å². The van der Waals surface area contributed by atoms with Gasteiger partial charge in [0.25, 0.3) is 0 Å². The van der Waals surface area contributed by atoms with Crippen LogP contribution in [0.25, 0.3) is 0 Å². The molecule has 105 valence electrons. The molecule has 0 spiro atoms. The predicted octanol–water partition coefficient (Wildman–Crippen LogP) is 3.19. The predicted molar refractivity (Wildman–Crippen MR) is 74.2 cm³/mol. The molecule has 0 atom stereocenters. The van der Waals surface area contributed by atoms with E-state index in [4.69, 9.17) is 0 Å². The van der Waals surface area contributed by atoms with Gasteiger partial charge in [-0.1, -0.05) is 6.07 Å². The number of hydrogen-bond donors (Lipinski definition) is 0. The van der Waals surface area contributed by atoms with Gasteiger partial charge in [-0.25, -0.2) is 4.39 Å². The van der Waals surface area contributed by atoms with E-state index in [2.05, 4.69) is 11.1 Å². The molecule has 2 aromatic rings. The zero-order valence-electron chi connectivity index (χ0n) is 11.1. The van der Waals surface area contributed by atoms with Crippen molar-refractivity contribution in [1.29, 1.82) is 0 Å². The molecule has 4 heteroatoms. The third-order valence-corrected chi connectivity index (χ3v) is 3.33. The Morgan fingerprint density at radius 1 is 1.20 bits per heavy atom. The zero-order valence-corrected chi connectivity index (χ0v) is 13.5. The first-order valence-corrected chi connectivity index (χ1v) is 6.30. The van der Waals surface area contributed by atoms with Crippen LogP contribution < -0.4 is 0 Å². The molecule has 20 heavy (non-hydrogen) atoms. The Morgan fingerprint density at radius 2 is 2.05 bits per heavy atom. The summed E-state index contributed by atoms with van der Waals surface area (Å²) < 4.78 is 13.8. The molecule has 0 aromatic heterocycles. The summed E-state index contributed by atoms with van der Waals surface area (Å²) in [6, 6.07) is 16.0. The maximum absolute atomic E-state index is 13.8. The van der Waals surface area contributed by atoms with Gasteiger partial charge in [-0.3, -0.25) is 4.99 Å². The molecular weight excluding hydrogens is 431 g/mol. The molecule has 2 aromatic carbocycles. The minimum atomic E-state index is -0.173. The molecule has 0 fully saturated rings. The van der Waals surface area contributed by atoms with Crippen molar-refractivity contribution in [3.05, 3.63) is 65.5 Å². The van der Waals surface area contributed by atoms with Crippen LogP contribution >= 0.6 is 0 Å². The first-order valence-electron chi connectivity index (χ1n) is 6.30. The van der Waals surface area contributed by atoms with E-state index < -0.39 is 0 Å². The van der Waals surface area contributed by atoms with Gasteiger partial charge in [0.1, 0.15) is 5.82 Å². The van der Waals surface area contributed by atoms with Crippen molar-refractivity contribution in [2.75, 3.05) is 13.6 Å². The average Bonchev–Trinajstić information content (AvgIpc) is 2.61. The average molecular weight is 446 g/mol. The van der Waals surface area contributed by atoms with Gasteiger partial charge in [0.05, 0.1) is 11.5 Å². The molecule has 1 aliphatic heterocycles. The van der Waals surface area contributed by atoms with Crippen LogP contribution in [0, 0.1) is 11.9 Å². The minimum absolute atomic E-state index is 0. The quantitative estimate of drug-likeness (QED) is 0.616. The number of amidine groups is 1. The normalized spacial score (nSPS) is 13.9. The SMILES string of the molecule is CN1CCc2c(F)cccc2N=C1c1[c-]cccc1.[Ir]. The maximum atomic E-state index is 13.8. The molecule has 0 bridgehead atoms. The molecule has 1 heterocycles. The number of hydrogen-bond acceptors (Lipinski definition) is 2. The van der Waals surface area contributed by atoms with Crippen LogP contribution in [0.2, 0.25) is 0 Å². The molecule has 2 nitrogen and oxygen atoms in total. The summed E-state index contributed by atoms with van der Waals surface area (Å²) in [5, 5.41) is 0. The Balaban J connectivity index is 0.00000147. The minimum Gasteiger partial charge on any atom is -0.398 e. The monoisotopic (exact) mass is 446 g/mol. The van der Waals surface area contributed by atoms with Crippen molar-refractivity contribution < 1.29 is 24.5 Å². The molecule has 0 amide bonds. The Morgan fingerprint density at radius 3 is 2.80 bits per heavy atom. The van der Waals surface area contributed by atoms with Crippen molar-refractivity contribution in [3.63, 3.8) is 0 Å². The van der Waals surface area contributed by atoms with Gasteiger partial charge in [-0.05, 0) is 25.6 Å². The number of likely N-dealkylation sites (N-methyl/N-ethyl adjacent to an activating group) is 1. The van der Waals surface area contributed by atoms with Crippen LogP contribution in [-0.4, -0.2) is 24.3 Å². The smallest absolute Gasteiger partial charge is 0.128 e. The third kappa shape index (κ3) is 2.81. The molecule has 0 saturated carbocycles. The van der Waals surface area contributed by atoms with Crippen LogP contribution in [-0.2, 0) is 26.5 Å². The van der Waals surface area contributed by atoms with Gasteiger partial charge in [0.15, 0.2) is 0 Å². The van der Waals surface area contributed by atoms with E-state index in [9.17, 15) is 4.39 Å². The topological polar surface area (TPSA) is 15.6 Å². The Bertz CT molecular complexity index is 626. The Kier molecular flexibility index (Phi) is 4.68. The first kappa shape index (κ1) is 14.9. The van der Waals surface area contributed by atoms with E-state index in [1.54, 1.807) is 6.07 Å². The van der Waals surface area contributed by atoms with E-state index in [-0.39, 0.29) is 25.9 Å². The fourth-order valence-corrected chi connectivity index (χ4v) is 2.28. The van der Waals surface area contributed by atoms with E-state index in [1.165, 1.54) is 6.07 Å². The maximum Gasteiger partial charge on any atom is 0.128 e. The Hall–Kier alpha value is -1.51. The molecular formula is C16H14FIrN2-. The molecule has 0 aliphatic carbocycles. The number of rotatable bonds is 1. The fraction of sp³-hybridized carbons (Fsp3) is 0.188. The van der Waals surface area contributed by atoms with Crippen molar-refractivity contribution in [2.45, 2.75) is 6.42 Å². The molecule has 1 radical (unpaired) electrons. The van der Waals surface area contributed by atoms with Gasteiger partial charge >= 0.3 is 0 Å². The number of benzene rings is 2. The summed E-state index contributed by atoms with van der Waals surface area (Å²) in [7, 11) is 1.98.